The number of ether oxygens (including phenoxy) is 2. The number of aliphatic hydroxyl groups is 1. The van der Waals surface area contributed by atoms with Gasteiger partial charge in [0.2, 0.25) is 0 Å². The average molecular weight is 338 g/mol. The molecule has 1 aliphatic heterocycles. The third-order valence-electron chi connectivity index (χ3n) is 5.76. The van der Waals surface area contributed by atoms with Crippen molar-refractivity contribution in [1.29, 1.82) is 0 Å². The van der Waals surface area contributed by atoms with Crippen molar-refractivity contribution in [2.24, 2.45) is 5.41 Å². The van der Waals surface area contributed by atoms with E-state index < -0.39 is 11.0 Å². The summed E-state index contributed by atoms with van der Waals surface area (Å²) in [7, 11) is 1.44. The molecule has 3 atom stereocenters. The van der Waals surface area contributed by atoms with Gasteiger partial charge in [-0.05, 0) is 36.0 Å². The maximum absolute atomic E-state index is 13.0. The van der Waals surface area contributed by atoms with E-state index in [-0.39, 0.29) is 18.7 Å². The summed E-state index contributed by atoms with van der Waals surface area (Å²) in [5.41, 5.74) is 1.31. The SMILES string of the molecule is COC(=O)[C@@]12CC[C@H](CO)O[C@]1(c1ccccc1)c1ccccc1C2. The van der Waals surface area contributed by atoms with E-state index in [9.17, 15) is 9.90 Å². The Labute approximate surface area is 147 Å². The number of benzene rings is 2. The standard InChI is InChI=1S/C21H22O4/c1-24-19(23)20-12-11-17(14-22)25-21(20,16-8-3-2-4-9-16)18-10-6-5-7-15(18)13-20/h2-10,17,22H,11-14H2,1H3/t17-,20+,21-/m1/s1. The van der Waals surface area contributed by atoms with Gasteiger partial charge < -0.3 is 14.6 Å². The summed E-state index contributed by atoms with van der Waals surface area (Å²) in [6.07, 6.45) is 1.54. The minimum absolute atomic E-state index is 0.0615. The van der Waals surface area contributed by atoms with Crippen LogP contribution in [-0.4, -0.2) is 30.9 Å². The topological polar surface area (TPSA) is 55.8 Å². The summed E-state index contributed by atoms with van der Waals surface area (Å²) < 4.78 is 11.8. The highest BCUT2D eigenvalue weighted by Crippen LogP contribution is 2.61. The van der Waals surface area contributed by atoms with E-state index in [1.54, 1.807) is 0 Å². The van der Waals surface area contributed by atoms with E-state index in [0.717, 1.165) is 16.7 Å². The Hall–Kier alpha value is -2.17. The Bertz CT molecular complexity index is 787. The Morgan fingerprint density at radius 2 is 1.92 bits per heavy atom. The van der Waals surface area contributed by atoms with Gasteiger partial charge in [-0.15, -0.1) is 0 Å². The maximum atomic E-state index is 13.0. The van der Waals surface area contributed by atoms with Gasteiger partial charge in [-0.3, -0.25) is 4.79 Å². The molecule has 130 valence electrons. The van der Waals surface area contributed by atoms with E-state index in [0.29, 0.717) is 19.3 Å². The molecule has 0 saturated carbocycles. The van der Waals surface area contributed by atoms with Crippen molar-refractivity contribution in [3.8, 4) is 0 Å². The van der Waals surface area contributed by atoms with Gasteiger partial charge in [-0.2, -0.15) is 0 Å². The van der Waals surface area contributed by atoms with Crippen molar-refractivity contribution in [1.82, 2.24) is 0 Å². The van der Waals surface area contributed by atoms with Gasteiger partial charge >= 0.3 is 5.97 Å². The normalized spacial score (nSPS) is 30.4. The maximum Gasteiger partial charge on any atom is 0.315 e. The average Bonchev–Trinajstić information content (AvgIpc) is 2.99. The highest BCUT2D eigenvalue weighted by molar-refractivity contribution is 5.83. The van der Waals surface area contributed by atoms with Crippen molar-refractivity contribution in [3.63, 3.8) is 0 Å². The number of carbonyl (C=O) groups excluding carboxylic acids is 1. The number of hydrogen-bond acceptors (Lipinski definition) is 4. The van der Waals surface area contributed by atoms with Crippen LogP contribution in [-0.2, 0) is 26.3 Å². The molecule has 0 amide bonds. The van der Waals surface area contributed by atoms with Crippen LogP contribution in [0.3, 0.4) is 0 Å². The number of esters is 1. The molecule has 1 N–H and O–H groups in total. The molecular weight excluding hydrogens is 316 g/mol. The van der Waals surface area contributed by atoms with Gasteiger partial charge in [0.1, 0.15) is 11.0 Å². The van der Waals surface area contributed by atoms with Crippen molar-refractivity contribution in [3.05, 3.63) is 71.3 Å². The number of hydrogen-bond donors (Lipinski definition) is 1. The zero-order valence-corrected chi connectivity index (χ0v) is 14.3. The molecule has 25 heavy (non-hydrogen) atoms. The number of carbonyl (C=O) groups is 1. The zero-order valence-electron chi connectivity index (χ0n) is 14.3. The summed E-state index contributed by atoms with van der Waals surface area (Å²) in [4.78, 5) is 13.0. The first-order valence-electron chi connectivity index (χ1n) is 8.69. The van der Waals surface area contributed by atoms with Crippen LogP contribution in [0.4, 0.5) is 0 Å². The monoisotopic (exact) mass is 338 g/mol. The molecule has 4 nitrogen and oxygen atoms in total. The Kier molecular flexibility index (Phi) is 3.89. The van der Waals surface area contributed by atoms with Gasteiger partial charge in [0.25, 0.3) is 0 Å². The highest BCUT2D eigenvalue weighted by Gasteiger charge is 2.66. The van der Waals surface area contributed by atoms with Crippen LogP contribution in [0.5, 0.6) is 0 Å². The molecule has 1 aliphatic carbocycles. The molecule has 4 heteroatoms. The zero-order chi connectivity index (χ0) is 17.5. The van der Waals surface area contributed by atoms with Gasteiger partial charge in [-0.25, -0.2) is 0 Å². The van der Waals surface area contributed by atoms with Crippen LogP contribution in [0.2, 0.25) is 0 Å². The van der Waals surface area contributed by atoms with Gasteiger partial charge in [0.15, 0.2) is 0 Å². The van der Waals surface area contributed by atoms with Crippen molar-refractivity contribution in [2.75, 3.05) is 13.7 Å². The Morgan fingerprint density at radius 3 is 2.64 bits per heavy atom. The van der Waals surface area contributed by atoms with Gasteiger partial charge in [-0.1, -0.05) is 54.6 Å². The fourth-order valence-electron chi connectivity index (χ4n) is 4.70. The lowest BCUT2D eigenvalue weighted by atomic mass is 9.64. The number of fused-ring (bicyclic) bond motifs is 3. The third-order valence-corrected chi connectivity index (χ3v) is 5.76. The van der Waals surface area contributed by atoms with Gasteiger partial charge in [0.05, 0.1) is 19.8 Å². The van der Waals surface area contributed by atoms with Crippen molar-refractivity contribution < 1.29 is 19.4 Å². The first-order chi connectivity index (χ1) is 12.2. The summed E-state index contributed by atoms with van der Waals surface area (Å²) >= 11 is 0. The predicted octanol–water partition coefficient (Wildman–Crippen LogP) is 2.82. The summed E-state index contributed by atoms with van der Waals surface area (Å²) in [6, 6.07) is 17.9. The molecule has 0 unspecified atom stereocenters. The molecular formula is C21H22O4. The number of rotatable bonds is 3. The van der Waals surface area contributed by atoms with Crippen LogP contribution in [0.15, 0.2) is 54.6 Å². The van der Waals surface area contributed by atoms with Crippen LogP contribution in [0.1, 0.15) is 29.5 Å². The second kappa shape index (κ2) is 5.97. The lowest BCUT2D eigenvalue weighted by Crippen LogP contribution is -2.56. The van der Waals surface area contributed by atoms with Crippen LogP contribution < -0.4 is 0 Å². The lowest BCUT2D eigenvalue weighted by molar-refractivity contribution is -0.209. The quantitative estimate of drug-likeness (QED) is 0.875. The van der Waals surface area contributed by atoms with E-state index in [2.05, 4.69) is 6.07 Å². The van der Waals surface area contributed by atoms with Crippen molar-refractivity contribution in [2.45, 2.75) is 31.0 Å². The molecule has 4 rings (SSSR count). The highest BCUT2D eigenvalue weighted by atomic mass is 16.5. The second-order valence-corrected chi connectivity index (χ2v) is 6.92. The third kappa shape index (κ3) is 2.11. The van der Waals surface area contributed by atoms with Crippen molar-refractivity contribution >= 4 is 5.97 Å². The molecule has 1 saturated heterocycles. The van der Waals surface area contributed by atoms with Crippen LogP contribution in [0, 0.1) is 5.41 Å². The molecule has 2 aliphatic rings. The van der Waals surface area contributed by atoms with E-state index in [4.69, 9.17) is 9.47 Å². The first kappa shape index (κ1) is 16.3. The fraction of sp³-hybridized carbons (Fsp3) is 0.381. The van der Waals surface area contributed by atoms with Crippen LogP contribution >= 0.6 is 0 Å². The smallest absolute Gasteiger partial charge is 0.315 e. The van der Waals surface area contributed by atoms with Gasteiger partial charge in [0, 0.05) is 0 Å². The molecule has 2 aromatic rings. The molecule has 1 fully saturated rings. The minimum Gasteiger partial charge on any atom is -0.468 e. The van der Waals surface area contributed by atoms with E-state index in [1.807, 2.05) is 48.5 Å². The second-order valence-electron chi connectivity index (χ2n) is 6.92. The predicted molar refractivity (Wildman–Crippen MR) is 93.0 cm³/mol. The molecule has 0 spiro atoms. The van der Waals surface area contributed by atoms with Crippen LogP contribution in [0.25, 0.3) is 0 Å². The number of methoxy groups -OCH3 is 1. The Balaban J connectivity index is 2.02. The molecule has 1 heterocycles. The molecule has 0 radical (unpaired) electrons. The summed E-state index contributed by atoms with van der Waals surface area (Å²) in [5, 5.41) is 9.76. The Morgan fingerprint density at radius 1 is 1.20 bits per heavy atom. The largest absolute Gasteiger partial charge is 0.468 e. The minimum atomic E-state index is -0.927. The molecule has 0 aromatic heterocycles. The fourth-order valence-corrected chi connectivity index (χ4v) is 4.70. The van der Waals surface area contributed by atoms with E-state index in [1.165, 1.54) is 7.11 Å². The number of aliphatic hydroxyl groups excluding tert-OH is 1. The molecule has 2 aromatic carbocycles. The first-order valence-corrected chi connectivity index (χ1v) is 8.69. The summed E-state index contributed by atoms with van der Waals surface area (Å²) in [6.45, 7) is -0.0615. The lowest BCUT2D eigenvalue weighted by Gasteiger charge is -2.50. The van der Waals surface area contributed by atoms with E-state index >= 15 is 0 Å². The summed E-state index contributed by atoms with van der Waals surface area (Å²) in [5.74, 6) is -0.246. The molecule has 0 bridgehead atoms.